The number of hydrogen-bond acceptors (Lipinski definition) is 4. The van der Waals surface area contributed by atoms with E-state index >= 15 is 0 Å². The van der Waals surface area contributed by atoms with Crippen molar-refractivity contribution in [2.75, 3.05) is 6.73 Å². The van der Waals surface area contributed by atoms with Gasteiger partial charge in [-0.1, -0.05) is 19.1 Å². The Balaban J connectivity index is 1.75. The molecule has 0 unspecified atom stereocenters. The second kappa shape index (κ2) is 7.12. The van der Waals surface area contributed by atoms with Crippen LogP contribution in [0.3, 0.4) is 0 Å². The minimum absolute atomic E-state index is 0.0200. The third kappa shape index (κ3) is 3.02. The van der Waals surface area contributed by atoms with E-state index in [9.17, 15) is 10.2 Å². The van der Waals surface area contributed by atoms with E-state index in [-0.39, 0.29) is 18.1 Å². The smallest absolute Gasteiger partial charge is 0.357 e. The summed E-state index contributed by atoms with van der Waals surface area (Å²) in [6, 6.07) is 11.6. The topological polar surface area (TPSA) is 66.9 Å². The van der Waals surface area contributed by atoms with Crippen LogP contribution in [-0.2, 0) is 17.4 Å². The molecule has 0 spiro atoms. The highest BCUT2D eigenvalue weighted by Gasteiger charge is 2.61. The van der Waals surface area contributed by atoms with Gasteiger partial charge in [0.05, 0.1) is 11.3 Å². The van der Waals surface area contributed by atoms with Gasteiger partial charge in [0.2, 0.25) is 0 Å². The van der Waals surface area contributed by atoms with Crippen molar-refractivity contribution >= 4 is 0 Å². The van der Waals surface area contributed by atoms with E-state index in [1.54, 1.807) is 13.1 Å². The van der Waals surface area contributed by atoms with Crippen molar-refractivity contribution < 1.29 is 14.9 Å². The highest BCUT2D eigenvalue weighted by atomic mass is 16.5. The predicted octanol–water partition coefficient (Wildman–Crippen LogP) is 3.98. The van der Waals surface area contributed by atoms with Crippen LogP contribution in [-0.4, -0.2) is 27.5 Å². The van der Waals surface area contributed by atoms with Crippen molar-refractivity contribution in [2.24, 2.45) is 5.92 Å². The summed E-state index contributed by atoms with van der Waals surface area (Å²) >= 11 is 0. The zero-order chi connectivity index (χ0) is 20.7. The van der Waals surface area contributed by atoms with Gasteiger partial charge >= 0.3 is 6.73 Å². The van der Waals surface area contributed by atoms with Crippen LogP contribution in [0.2, 0.25) is 0 Å². The highest BCUT2D eigenvalue weighted by molar-refractivity contribution is 5.45. The van der Waals surface area contributed by atoms with Crippen LogP contribution in [0.5, 0.6) is 5.75 Å². The van der Waals surface area contributed by atoms with Crippen molar-refractivity contribution in [3.63, 3.8) is 0 Å². The average molecular weight is 392 g/mol. The fraction of sp³-hybridized carbons (Fsp3) is 0.500. The van der Waals surface area contributed by atoms with Crippen LogP contribution in [0.25, 0.3) is 4.85 Å². The maximum absolute atomic E-state index is 11.6. The van der Waals surface area contributed by atoms with Crippen molar-refractivity contribution in [1.82, 2.24) is 4.98 Å². The van der Waals surface area contributed by atoms with Crippen LogP contribution >= 0.6 is 0 Å². The first-order chi connectivity index (χ1) is 13.9. The summed E-state index contributed by atoms with van der Waals surface area (Å²) in [5, 5.41) is 23.2. The lowest BCUT2D eigenvalue weighted by Gasteiger charge is -2.58. The Labute approximate surface area is 172 Å². The Bertz CT molecular complexity index is 937. The lowest BCUT2D eigenvalue weighted by molar-refractivity contribution is -0.207. The van der Waals surface area contributed by atoms with Gasteiger partial charge in [-0.3, -0.25) is 9.83 Å². The summed E-state index contributed by atoms with van der Waals surface area (Å²) in [7, 11) is 0. The Kier molecular flexibility index (Phi) is 4.88. The Morgan fingerprint density at radius 2 is 2.10 bits per heavy atom. The van der Waals surface area contributed by atoms with Crippen molar-refractivity contribution in [3.05, 3.63) is 70.8 Å². The number of benzene rings is 1. The molecule has 0 saturated heterocycles. The molecule has 29 heavy (non-hydrogen) atoms. The maximum Gasteiger partial charge on any atom is 0.357 e. The second-order valence-corrected chi connectivity index (χ2v) is 8.73. The number of ether oxygens (including phenoxy) is 1. The molecule has 2 N–H and O–H groups in total. The molecule has 4 atom stereocenters. The molecular weight excluding hydrogens is 364 g/mol. The molecule has 1 heterocycles. The van der Waals surface area contributed by atoms with Gasteiger partial charge in [-0.2, -0.15) is 0 Å². The minimum Gasteiger partial charge on any atom is -0.426 e. The quantitative estimate of drug-likeness (QED) is 0.773. The van der Waals surface area contributed by atoms with Crippen LogP contribution in [0, 0.1) is 12.5 Å². The number of rotatable bonds is 4. The summed E-state index contributed by atoms with van der Waals surface area (Å²) in [6.07, 6.45) is 5.37. The van der Waals surface area contributed by atoms with Crippen molar-refractivity contribution in [3.8, 4) is 5.75 Å². The van der Waals surface area contributed by atoms with Gasteiger partial charge in [0.15, 0.2) is 0 Å². The summed E-state index contributed by atoms with van der Waals surface area (Å²) < 4.78 is 5.50. The fourth-order valence-corrected chi connectivity index (χ4v) is 5.75. The molecular formula is C24H28N2O3. The molecule has 2 aliphatic rings. The third-order valence-electron chi connectivity index (χ3n) is 7.26. The van der Waals surface area contributed by atoms with E-state index in [4.69, 9.17) is 11.3 Å². The number of aryl methyl sites for hydroxylation is 1. The molecule has 2 aliphatic carbocycles. The molecule has 5 nitrogen and oxygen atoms in total. The number of nitrogens with zero attached hydrogens (tertiary/aromatic N) is 2. The zero-order valence-electron chi connectivity index (χ0n) is 17.1. The molecule has 0 radical (unpaired) electrons. The van der Waals surface area contributed by atoms with Crippen molar-refractivity contribution in [1.29, 1.82) is 0 Å². The molecule has 0 aliphatic heterocycles. The zero-order valence-corrected chi connectivity index (χ0v) is 17.1. The molecule has 5 heteroatoms. The normalized spacial score (nSPS) is 33.3. The largest absolute Gasteiger partial charge is 0.426 e. The van der Waals surface area contributed by atoms with Gasteiger partial charge in [-0.05, 0) is 80.3 Å². The summed E-state index contributed by atoms with van der Waals surface area (Å²) in [5.41, 5.74) is 0.147. The molecule has 4 rings (SSSR count). The molecule has 1 saturated carbocycles. The first kappa shape index (κ1) is 19.9. The number of aromatic nitrogens is 1. The van der Waals surface area contributed by atoms with Crippen LogP contribution < -0.4 is 4.74 Å². The Morgan fingerprint density at radius 3 is 2.79 bits per heavy atom. The summed E-state index contributed by atoms with van der Waals surface area (Å²) in [4.78, 5) is 7.65. The summed E-state index contributed by atoms with van der Waals surface area (Å²) in [6.45, 7) is 10.9. The highest BCUT2D eigenvalue weighted by Crippen LogP contribution is 2.59. The van der Waals surface area contributed by atoms with E-state index < -0.39 is 11.2 Å². The van der Waals surface area contributed by atoms with E-state index in [0.717, 1.165) is 25.0 Å². The van der Waals surface area contributed by atoms with Gasteiger partial charge in [-0.25, -0.2) is 6.57 Å². The number of pyridine rings is 1. The summed E-state index contributed by atoms with van der Waals surface area (Å²) in [5.74, 6) is 0.972. The van der Waals surface area contributed by atoms with Gasteiger partial charge in [0.25, 0.3) is 0 Å². The molecule has 2 aromatic rings. The van der Waals surface area contributed by atoms with Crippen LogP contribution in [0.15, 0.2) is 42.6 Å². The lowest BCUT2D eigenvalue weighted by Crippen LogP contribution is -2.62. The fourth-order valence-electron chi connectivity index (χ4n) is 5.75. The first-order valence-corrected chi connectivity index (χ1v) is 10.3. The van der Waals surface area contributed by atoms with E-state index in [1.165, 1.54) is 11.1 Å². The molecule has 0 bridgehead atoms. The molecule has 152 valence electrons. The first-order valence-electron chi connectivity index (χ1n) is 10.3. The second-order valence-electron chi connectivity index (χ2n) is 8.73. The predicted molar refractivity (Wildman–Crippen MR) is 110 cm³/mol. The Morgan fingerprint density at radius 1 is 1.28 bits per heavy atom. The van der Waals surface area contributed by atoms with Gasteiger partial charge < -0.3 is 14.9 Å². The number of hydrogen-bond donors (Lipinski definition) is 2. The van der Waals surface area contributed by atoms with E-state index in [0.29, 0.717) is 18.5 Å². The average Bonchev–Trinajstić information content (AvgIpc) is 2.73. The standard InChI is InChI=1S/C24H28N2O3/c1-4-23-15-22(2,27)24(28,21-7-5-6-12-26-21)14-18(23)9-8-17-13-19(29-16-25-3)10-11-20(17)23/h5-7,10-13,18,27-28H,4,8-9,14-16H2,1-2H3/t18-,22-,23-,24-/m1/s1. The van der Waals surface area contributed by atoms with E-state index in [2.05, 4.69) is 22.8 Å². The van der Waals surface area contributed by atoms with Crippen LogP contribution in [0.4, 0.5) is 0 Å². The van der Waals surface area contributed by atoms with E-state index in [1.807, 2.05) is 30.3 Å². The molecule has 0 amide bonds. The Hall–Kier alpha value is -2.42. The molecule has 1 aromatic carbocycles. The van der Waals surface area contributed by atoms with Crippen molar-refractivity contribution in [2.45, 2.75) is 62.6 Å². The van der Waals surface area contributed by atoms with Gasteiger partial charge in [-0.15, -0.1) is 0 Å². The monoisotopic (exact) mass is 392 g/mol. The van der Waals surface area contributed by atoms with Gasteiger partial charge in [0, 0.05) is 11.6 Å². The SMILES string of the molecule is [C-]#[N+]COc1ccc2c(c1)CC[C@@H]1C[C@@](O)(c3ccccn3)[C@](C)(O)C[C@@]21CC. The molecule has 1 fully saturated rings. The number of aliphatic hydroxyl groups is 2. The lowest BCUT2D eigenvalue weighted by atomic mass is 9.49. The minimum atomic E-state index is -1.37. The number of fused-ring (bicyclic) bond motifs is 3. The molecule has 1 aromatic heterocycles. The maximum atomic E-state index is 11.6. The van der Waals surface area contributed by atoms with Gasteiger partial charge in [0.1, 0.15) is 11.4 Å². The van der Waals surface area contributed by atoms with Crippen LogP contribution in [0.1, 0.15) is 56.4 Å². The third-order valence-corrected chi connectivity index (χ3v) is 7.26.